The van der Waals surface area contributed by atoms with Crippen LogP contribution < -0.4 is 5.32 Å². The molecule has 1 aromatic rings. The maximum absolute atomic E-state index is 10.4. The second-order valence-corrected chi connectivity index (χ2v) is 5.92. The summed E-state index contributed by atoms with van der Waals surface area (Å²) in [4.78, 5) is 0. The molecule has 0 radical (unpaired) electrons. The Labute approximate surface area is 117 Å². The lowest BCUT2D eigenvalue weighted by atomic mass is 9.98. The van der Waals surface area contributed by atoms with E-state index in [4.69, 9.17) is 0 Å². The summed E-state index contributed by atoms with van der Waals surface area (Å²) in [7, 11) is 0. The Morgan fingerprint density at radius 3 is 2.53 bits per heavy atom. The molecule has 1 aliphatic carbocycles. The average molecular weight is 261 g/mol. The van der Waals surface area contributed by atoms with Crippen LogP contribution in [-0.4, -0.2) is 17.3 Å². The first-order valence-electron chi connectivity index (χ1n) is 7.74. The van der Waals surface area contributed by atoms with Crippen LogP contribution in [0, 0.1) is 0 Å². The second kappa shape index (κ2) is 7.06. The second-order valence-electron chi connectivity index (χ2n) is 5.92. The predicted molar refractivity (Wildman–Crippen MR) is 80.1 cm³/mol. The minimum atomic E-state index is -0.459. The van der Waals surface area contributed by atoms with Crippen molar-refractivity contribution in [2.75, 3.05) is 6.54 Å². The average Bonchev–Trinajstić information content (AvgIpc) is 2.87. The fourth-order valence-corrected chi connectivity index (χ4v) is 3.00. The van der Waals surface area contributed by atoms with Gasteiger partial charge in [0.15, 0.2) is 0 Å². The van der Waals surface area contributed by atoms with E-state index in [-0.39, 0.29) is 0 Å². The number of unbranched alkanes of at least 4 members (excludes halogenated alkanes) is 1. The zero-order valence-electron chi connectivity index (χ0n) is 12.1. The van der Waals surface area contributed by atoms with Gasteiger partial charge in [-0.3, -0.25) is 0 Å². The summed E-state index contributed by atoms with van der Waals surface area (Å²) in [6, 6.07) is 11.0. The number of rotatable bonds is 7. The molecule has 19 heavy (non-hydrogen) atoms. The van der Waals surface area contributed by atoms with Gasteiger partial charge < -0.3 is 10.4 Å². The lowest BCUT2D eigenvalue weighted by molar-refractivity contribution is 0.0444. The first-order valence-corrected chi connectivity index (χ1v) is 7.74. The smallest absolute Gasteiger partial charge is 0.0771 e. The highest BCUT2D eigenvalue weighted by Gasteiger charge is 2.31. The molecular formula is C17H27NO. The van der Waals surface area contributed by atoms with Gasteiger partial charge in [0, 0.05) is 12.6 Å². The van der Waals surface area contributed by atoms with E-state index in [9.17, 15) is 5.11 Å². The van der Waals surface area contributed by atoms with Crippen LogP contribution in [0.25, 0.3) is 0 Å². The van der Waals surface area contributed by atoms with E-state index < -0.39 is 5.60 Å². The number of hydrogen-bond acceptors (Lipinski definition) is 2. The molecule has 0 aliphatic heterocycles. The summed E-state index contributed by atoms with van der Waals surface area (Å²) in [5.41, 5.74) is 0.886. The molecule has 1 fully saturated rings. The minimum Gasteiger partial charge on any atom is -0.389 e. The first-order chi connectivity index (χ1) is 9.23. The molecule has 2 rings (SSSR count). The third-order valence-corrected chi connectivity index (χ3v) is 4.26. The molecular weight excluding hydrogens is 234 g/mol. The summed E-state index contributed by atoms with van der Waals surface area (Å²) >= 11 is 0. The maximum atomic E-state index is 10.4. The fraction of sp³-hybridized carbons (Fsp3) is 0.647. The van der Waals surface area contributed by atoms with Gasteiger partial charge in [0.2, 0.25) is 0 Å². The largest absolute Gasteiger partial charge is 0.389 e. The maximum Gasteiger partial charge on any atom is 0.0771 e. The Hall–Kier alpha value is -0.860. The van der Waals surface area contributed by atoms with Crippen LogP contribution in [0.15, 0.2) is 30.3 Å². The molecule has 1 saturated carbocycles. The van der Waals surface area contributed by atoms with Gasteiger partial charge in [0.25, 0.3) is 0 Å². The molecule has 1 aliphatic rings. The lowest BCUT2D eigenvalue weighted by Crippen LogP contribution is -2.39. The highest BCUT2D eigenvalue weighted by molar-refractivity contribution is 5.19. The van der Waals surface area contributed by atoms with E-state index in [1.54, 1.807) is 0 Å². The van der Waals surface area contributed by atoms with Gasteiger partial charge in [-0.1, -0.05) is 62.9 Å². The van der Waals surface area contributed by atoms with Gasteiger partial charge in [-0.05, 0) is 24.8 Å². The summed E-state index contributed by atoms with van der Waals surface area (Å²) in [5, 5.41) is 14.1. The van der Waals surface area contributed by atoms with Crippen molar-refractivity contribution < 1.29 is 5.11 Å². The van der Waals surface area contributed by atoms with Crippen LogP contribution >= 0.6 is 0 Å². The Kier molecular flexibility index (Phi) is 5.41. The SMILES string of the molecule is CCCCC(NCC1(O)CCCC1)c1ccccc1. The normalized spacial score (nSPS) is 19.5. The third-order valence-electron chi connectivity index (χ3n) is 4.26. The molecule has 2 heteroatoms. The molecule has 1 unspecified atom stereocenters. The summed E-state index contributed by atoms with van der Waals surface area (Å²) in [5.74, 6) is 0. The molecule has 1 aromatic carbocycles. The summed E-state index contributed by atoms with van der Waals surface area (Å²) < 4.78 is 0. The minimum absolute atomic E-state index is 0.380. The zero-order chi connectivity index (χ0) is 13.6. The number of hydrogen-bond donors (Lipinski definition) is 2. The van der Waals surface area contributed by atoms with Crippen LogP contribution in [0.4, 0.5) is 0 Å². The molecule has 0 heterocycles. The van der Waals surface area contributed by atoms with Crippen molar-refractivity contribution in [3.8, 4) is 0 Å². The van der Waals surface area contributed by atoms with Crippen LogP contribution in [0.3, 0.4) is 0 Å². The van der Waals surface area contributed by atoms with E-state index in [0.29, 0.717) is 6.04 Å². The molecule has 1 atom stereocenters. The molecule has 0 aromatic heterocycles. The lowest BCUT2D eigenvalue weighted by Gasteiger charge is -2.27. The van der Waals surface area contributed by atoms with Crippen molar-refractivity contribution >= 4 is 0 Å². The molecule has 106 valence electrons. The van der Waals surface area contributed by atoms with E-state index in [0.717, 1.165) is 25.8 Å². The van der Waals surface area contributed by atoms with Crippen LogP contribution in [0.5, 0.6) is 0 Å². The molecule has 0 spiro atoms. The van der Waals surface area contributed by atoms with Gasteiger partial charge in [-0.2, -0.15) is 0 Å². The van der Waals surface area contributed by atoms with Crippen molar-refractivity contribution in [2.45, 2.75) is 63.5 Å². The molecule has 0 bridgehead atoms. The zero-order valence-corrected chi connectivity index (χ0v) is 12.1. The first kappa shape index (κ1) is 14.5. The van der Waals surface area contributed by atoms with Gasteiger partial charge in [0.05, 0.1) is 5.60 Å². The van der Waals surface area contributed by atoms with Crippen LogP contribution in [0.1, 0.15) is 63.5 Å². The van der Waals surface area contributed by atoms with Crippen molar-refractivity contribution in [1.29, 1.82) is 0 Å². The summed E-state index contributed by atoms with van der Waals surface area (Å²) in [6.45, 7) is 2.96. The van der Waals surface area contributed by atoms with E-state index >= 15 is 0 Å². The fourth-order valence-electron chi connectivity index (χ4n) is 3.00. The number of aliphatic hydroxyl groups is 1. The van der Waals surface area contributed by atoms with Gasteiger partial charge in [-0.25, -0.2) is 0 Å². The highest BCUT2D eigenvalue weighted by atomic mass is 16.3. The Balaban J connectivity index is 1.94. The molecule has 0 amide bonds. The van der Waals surface area contributed by atoms with Gasteiger partial charge in [-0.15, -0.1) is 0 Å². The number of benzene rings is 1. The van der Waals surface area contributed by atoms with Crippen LogP contribution in [-0.2, 0) is 0 Å². The third kappa shape index (κ3) is 4.32. The standard InChI is InChI=1S/C17H27NO/c1-2-3-11-16(15-9-5-4-6-10-15)18-14-17(19)12-7-8-13-17/h4-6,9-10,16,18-19H,2-3,7-8,11-14H2,1H3. The molecule has 2 N–H and O–H groups in total. The van der Waals surface area contributed by atoms with Gasteiger partial charge >= 0.3 is 0 Å². The van der Waals surface area contributed by atoms with Crippen molar-refractivity contribution in [1.82, 2.24) is 5.32 Å². The van der Waals surface area contributed by atoms with Crippen LogP contribution in [0.2, 0.25) is 0 Å². The van der Waals surface area contributed by atoms with Crippen molar-refractivity contribution in [2.24, 2.45) is 0 Å². The van der Waals surface area contributed by atoms with E-state index in [1.807, 2.05) is 0 Å². The molecule has 2 nitrogen and oxygen atoms in total. The van der Waals surface area contributed by atoms with Gasteiger partial charge in [0.1, 0.15) is 0 Å². The quantitative estimate of drug-likeness (QED) is 0.782. The highest BCUT2D eigenvalue weighted by Crippen LogP contribution is 2.30. The Bertz CT molecular complexity index is 357. The molecule has 0 saturated heterocycles. The van der Waals surface area contributed by atoms with E-state index in [2.05, 4.69) is 42.6 Å². The predicted octanol–water partition coefficient (Wildman–Crippen LogP) is 3.81. The Morgan fingerprint density at radius 1 is 1.21 bits per heavy atom. The summed E-state index contributed by atoms with van der Waals surface area (Å²) in [6.07, 6.45) is 7.84. The monoisotopic (exact) mass is 261 g/mol. The Morgan fingerprint density at radius 2 is 1.89 bits per heavy atom. The number of nitrogens with one attached hydrogen (secondary N) is 1. The van der Waals surface area contributed by atoms with Crippen molar-refractivity contribution in [3.63, 3.8) is 0 Å². The topological polar surface area (TPSA) is 32.3 Å². The van der Waals surface area contributed by atoms with Crippen molar-refractivity contribution in [3.05, 3.63) is 35.9 Å². The van der Waals surface area contributed by atoms with E-state index in [1.165, 1.54) is 31.2 Å².